The Morgan fingerprint density at radius 1 is 1.36 bits per heavy atom. The largest absolute Gasteiger partial charge is 0.378 e. The van der Waals surface area contributed by atoms with Gasteiger partial charge < -0.3 is 9.88 Å². The van der Waals surface area contributed by atoms with E-state index in [0.717, 1.165) is 15.7 Å². The van der Waals surface area contributed by atoms with Crippen LogP contribution in [0, 0.1) is 0 Å². The zero-order chi connectivity index (χ0) is 15.1. The van der Waals surface area contributed by atoms with Crippen molar-refractivity contribution in [3.05, 3.63) is 44.9 Å². The summed E-state index contributed by atoms with van der Waals surface area (Å²) in [7, 11) is 1.70. The summed E-state index contributed by atoms with van der Waals surface area (Å²) in [5.74, 6) is 0.646. The van der Waals surface area contributed by atoms with Crippen LogP contribution in [0.25, 0.3) is 10.9 Å². The lowest BCUT2D eigenvalue weighted by Crippen LogP contribution is -2.16. The maximum atomic E-state index is 12.0. The van der Waals surface area contributed by atoms with Crippen LogP contribution in [0.5, 0.6) is 0 Å². The Bertz CT molecular complexity index is 896. The minimum absolute atomic E-state index is 0.0326. The third-order valence-electron chi connectivity index (χ3n) is 3.77. The van der Waals surface area contributed by atoms with Crippen molar-refractivity contribution in [1.82, 2.24) is 19.7 Å². The highest BCUT2D eigenvalue weighted by Crippen LogP contribution is 2.41. The maximum absolute atomic E-state index is 12.0. The predicted molar refractivity (Wildman–Crippen MR) is 86.2 cm³/mol. The van der Waals surface area contributed by atoms with Gasteiger partial charge in [0, 0.05) is 18.7 Å². The zero-order valence-corrected chi connectivity index (χ0v) is 12.9. The number of nitrogens with one attached hydrogen (secondary N) is 1. The fourth-order valence-electron chi connectivity index (χ4n) is 2.33. The highest BCUT2D eigenvalue weighted by Gasteiger charge is 2.27. The van der Waals surface area contributed by atoms with E-state index in [2.05, 4.69) is 20.5 Å². The summed E-state index contributed by atoms with van der Waals surface area (Å²) in [6.45, 7) is 0.640. The first-order valence-electron chi connectivity index (χ1n) is 7.22. The summed E-state index contributed by atoms with van der Waals surface area (Å²) in [6, 6.07) is 5.59. The first-order valence-corrected chi connectivity index (χ1v) is 8.04. The molecule has 1 aromatic carbocycles. The van der Waals surface area contributed by atoms with Gasteiger partial charge in [-0.15, -0.1) is 10.2 Å². The molecule has 22 heavy (non-hydrogen) atoms. The van der Waals surface area contributed by atoms with Gasteiger partial charge in [0.25, 0.3) is 5.56 Å². The van der Waals surface area contributed by atoms with Gasteiger partial charge in [-0.05, 0) is 31.0 Å². The molecule has 0 spiro atoms. The molecule has 1 saturated carbocycles. The lowest BCUT2D eigenvalue weighted by molar-refractivity contribution is 0.843. The Morgan fingerprint density at radius 2 is 2.23 bits per heavy atom. The maximum Gasteiger partial charge on any atom is 0.260 e. The summed E-state index contributed by atoms with van der Waals surface area (Å²) in [5, 5.41) is 14.5. The molecule has 2 aromatic heterocycles. The van der Waals surface area contributed by atoms with Gasteiger partial charge in [0.05, 0.1) is 23.8 Å². The summed E-state index contributed by atoms with van der Waals surface area (Å²) >= 11 is 1.68. The molecule has 0 aliphatic heterocycles. The molecule has 0 unspecified atom stereocenters. The molecule has 0 atom stereocenters. The van der Waals surface area contributed by atoms with Gasteiger partial charge in [-0.25, -0.2) is 4.98 Å². The molecule has 3 aromatic rings. The molecule has 1 N–H and O–H groups in total. The predicted octanol–water partition coefficient (Wildman–Crippen LogP) is 2.27. The van der Waals surface area contributed by atoms with Crippen molar-refractivity contribution in [2.24, 2.45) is 7.05 Å². The van der Waals surface area contributed by atoms with E-state index in [9.17, 15) is 4.79 Å². The summed E-state index contributed by atoms with van der Waals surface area (Å²) in [4.78, 5) is 16.3. The van der Waals surface area contributed by atoms with Crippen LogP contribution in [-0.2, 0) is 13.6 Å². The van der Waals surface area contributed by atoms with E-state index in [-0.39, 0.29) is 5.56 Å². The molecule has 0 saturated heterocycles. The SMILES string of the molecule is Cn1cnc2cc(NCc3nnc(C4CC4)s3)ccc2c1=O. The van der Waals surface area contributed by atoms with Crippen molar-refractivity contribution in [3.8, 4) is 0 Å². The number of anilines is 1. The fraction of sp³-hybridized carbons (Fsp3) is 0.333. The topological polar surface area (TPSA) is 72.7 Å². The van der Waals surface area contributed by atoms with E-state index < -0.39 is 0 Å². The highest BCUT2D eigenvalue weighted by atomic mass is 32.1. The molecule has 0 bridgehead atoms. The lowest BCUT2D eigenvalue weighted by Gasteiger charge is -2.06. The second-order valence-corrected chi connectivity index (χ2v) is 6.65. The van der Waals surface area contributed by atoms with E-state index in [1.807, 2.05) is 18.2 Å². The second kappa shape index (κ2) is 5.17. The van der Waals surface area contributed by atoms with Gasteiger partial charge in [0.2, 0.25) is 0 Å². The third-order valence-corrected chi connectivity index (χ3v) is 4.86. The van der Waals surface area contributed by atoms with Crippen molar-refractivity contribution in [3.63, 3.8) is 0 Å². The molecule has 0 amide bonds. The Morgan fingerprint density at radius 3 is 3.05 bits per heavy atom. The molecule has 6 nitrogen and oxygen atoms in total. The molecule has 1 aliphatic carbocycles. The lowest BCUT2D eigenvalue weighted by atomic mass is 10.2. The van der Waals surface area contributed by atoms with Gasteiger partial charge in [-0.1, -0.05) is 11.3 Å². The Kier molecular flexibility index (Phi) is 3.15. The number of hydrogen-bond donors (Lipinski definition) is 1. The molecule has 1 aliphatic rings. The highest BCUT2D eigenvalue weighted by molar-refractivity contribution is 7.11. The molecule has 1 fully saturated rings. The van der Waals surface area contributed by atoms with Crippen molar-refractivity contribution in [2.75, 3.05) is 5.32 Å². The van der Waals surface area contributed by atoms with Crippen LogP contribution >= 0.6 is 11.3 Å². The minimum Gasteiger partial charge on any atom is -0.378 e. The van der Waals surface area contributed by atoms with Crippen molar-refractivity contribution in [1.29, 1.82) is 0 Å². The molecule has 7 heteroatoms. The van der Waals surface area contributed by atoms with Crippen LogP contribution in [0.2, 0.25) is 0 Å². The molecule has 112 valence electrons. The number of aryl methyl sites for hydroxylation is 1. The number of hydrogen-bond acceptors (Lipinski definition) is 6. The van der Waals surface area contributed by atoms with E-state index in [4.69, 9.17) is 0 Å². The molecule has 2 heterocycles. The van der Waals surface area contributed by atoms with Gasteiger partial charge in [0.15, 0.2) is 0 Å². The number of rotatable bonds is 4. The number of fused-ring (bicyclic) bond motifs is 1. The quantitative estimate of drug-likeness (QED) is 0.800. The van der Waals surface area contributed by atoms with Crippen molar-refractivity contribution < 1.29 is 0 Å². The summed E-state index contributed by atoms with van der Waals surface area (Å²) < 4.78 is 1.48. The Labute approximate surface area is 130 Å². The zero-order valence-electron chi connectivity index (χ0n) is 12.1. The minimum atomic E-state index is -0.0326. The van der Waals surface area contributed by atoms with Crippen molar-refractivity contribution in [2.45, 2.75) is 25.3 Å². The molecule has 4 rings (SSSR count). The standard InChI is InChI=1S/C15H15N5OS/c1-20-8-17-12-6-10(4-5-11(12)15(20)21)16-7-13-18-19-14(22-13)9-2-3-9/h4-6,8-9,16H,2-3,7H2,1H3. The third kappa shape index (κ3) is 2.48. The van der Waals surface area contributed by atoms with E-state index in [0.29, 0.717) is 23.4 Å². The molecule has 0 radical (unpaired) electrons. The number of benzene rings is 1. The van der Waals surface area contributed by atoms with E-state index in [1.165, 1.54) is 17.4 Å². The van der Waals surface area contributed by atoms with Crippen LogP contribution in [0.3, 0.4) is 0 Å². The monoisotopic (exact) mass is 313 g/mol. The van der Waals surface area contributed by atoms with E-state index in [1.54, 1.807) is 24.7 Å². The van der Waals surface area contributed by atoms with Crippen LogP contribution in [0.1, 0.15) is 28.8 Å². The normalized spacial score (nSPS) is 14.4. The second-order valence-electron chi connectivity index (χ2n) is 5.55. The number of nitrogens with zero attached hydrogens (tertiary/aromatic N) is 4. The molecular weight excluding hydrogens is 298 g/mol. The molecular formula is C15H15N5OS. The fourth-order valence-corrected chi connectivity index (χ4v) is 3.28. The van der Waals surface area contributed by atoms with Crippen LogP contribution in [0.4, 0.5) is 5.69 Å². The average Bonchev–Trinajstić information content (AvgIpc) is 3.28. The average molecular weight is 313 g/mol. The van der Waals surface area contributed by atoms with E-state index >= 15 is 0 Å². The first kappa shape index (κ1) is 13.4. The van der Waals surface area contributed by atoms with Crippen LogP contribution in [0.15, 0.2) is 29.3 Å². The van der Waals surface area contributed by atoms with Crippen LogP contribution < -0.4 is 10.9 Å². The van der Waals surface area contributed by atoms with Crippen LogP contribution in [-0.4, -0.2) is 19.7 Å². The summed E-state index contributed by atoms with van der Waals surface area (Å²) in [5.41, 5.74) is 1.59. The first-order chi connectivity index (χ1) is 10.7. The smallest absolute Gasteiger partial charge is 0.260 e. The Hall–Kier alpha value is -2.28. The van der Waals surface area contributed by atoms with Gasteiger partial charge in [0.1, 0.15) is 10.0 Å². The van der Waals surface area contributed by atoms with Gasteiger partial charge >= 0.3 is 0 Å². The van der Waals surface area contributed by atoms with Gasteiger partial charge in [-0.2, -0.15) is 0 Å². The Balaban J connectivity index is 1.53. The van der Waals surface area contributed by atoms with Gasteiger partial charge in [-0.3, -0.25) is 4.79 Å². The number of aromatic nitrogens is 4. The summed E-state index contributed by atoms with van der Waals surface area (Å²) in [6.07, 6.45) is 4.03. The van der Waals surface area contributed by atoms with Crippen molar-refractivity contribution >= 4 is 27.9 Å².